The molecule has 3 aromatic carbocycles. The van der Waals surface area contributed by atoms with Crippen molar-refractivity contribution in [3.8, 4) is 5.75 Å². The molecule has 1 spiro atoms. The average Bonchev–Trinajstić information content (AvgIpc) is 3.33. The molecule has 38 heavy (non-hydrogen) atoms. The predicted octanol–water partition coefficient (Wildman–Crippen LogP) is 6.05. The van der Waals surface area contributed by atoms with Gasteiger partial charge >= 0.3 is 0 Å². The third-order valence-corrected chi connectivity index (χ3v) is 8.42. The van der Waals surface area contributed by atoms with E-state index in [1.807, 2.05) is 76.2 Å². The van der Waals surface area contributed by atoms with E-state index in [0.29, 0.717) is 16.9 Å². The van der Waals surface area contributed by atoms with Crippen LogP contribution in [0.15, 0.2) is 72.8 Å². The van der Waals surface area contributed by atoms with Gasteiger partial charge in [-0.2, -0.15) is 0 Å². The zero-order valence-electron chi connectivity index (χ0n) is 22.3. The van der Waals surface area contributed by atoms with Crippen LogP contribution in [0, 0.1) is 17.8 Å². The standard InChI is InChI=1S/C33H31NO4/c1-19-13-15-25-20(17-19)14-16-26-33(29(35)23-11-6-7-12-24(23)30(33)36)27(21-9-8-10-22(18-21)38-5)28(34(25)26)31(37)32(2,3)4/h6-18,26-28H,1-5H3/t26?,27-,28+/m0/s1. The lowest BCUT2D eigenvalue weighted by Crippen LogP contribution is -2.49. The summed E-state index contributed by atoms with van der Waals surface area (Å²) < 4.78 is 5.55. The van der Waals surface area contributed by atoms with Crippen LogP contribution in [0.3, 0.4) is 0 Å². The summed E-state index contributed by atoms with van der Waals surface area (Å²) in [6.45, 7) is 7.74. The first-order valence-electron chi connectivity index (χ1n) is 13.0. The van der Waals surface area contributed by atoms with Crippen molar-refractivity contribution in [2.75, 3.05) is 12.0 Å². The molecule has 0 radical (unpaired) electrons. The summed E-state index contributed by atoms with van der Waals surface area (Å²) in [5.74, 6) is -0.536. The molecule has 3 aromatic rings. The Morgan fingerprint density at radius 3 is 2.24 bits per heavy atom. The Balaban J connectivity index is 1.70. The number of hydrogen-bond acceptors (Lipinski definition) is 5. The second-order valence-corrected chi connectivity index (χ2v) is 11.7. The van der Waals surface area contributed by atoms with Gasteiger partial charge in [0.1, 0.15) is 11.2 Å². The topological polar surface area (TPSA) is 63.7 Å². The van der Waals surface area contributed by atoms with Crippen LogP contribution >= 0.6 is 0 Å². The van der Waals surface area contributed by atoms with Crippen molar-refractivity contribution in [2.45, 2.75) is 45.7 Å². The summed E-state index contributed by atoms with van der Waals surface area (Å²) >= 11 is 0. The summed E-state index contributed by atoms with van der Waals surface area (Å²) in [5, 5.41) is 0. The van der Waals surface area contributed by atoms with Crippen molar-refractivity contribution in [3.63, 3.8) is 0 Å². The van der Waals surface area contributed by atoms with E-state index < -0.39 is 28.8 Å². The van der Waals surface area contributed by atoms with Gasteiger partial charge in [-0.15, -0.1) is 0 Å². The second-order valence-electron chi connectivity index (χ2n) is 11.7. The molecule has 1 aliphatic carbocycles. The average molecular weight is 506 g/mol. The number of carbonyl (C=O) groups excluding carboxylic acids is 3. The molecule has 1 saturated heterocycles. The summed E-state index contributed by atoms with van der Waals surface area (Å²) in [4.78, 5) is 45.7. The number of rotatable bonds is 3. The maximum atomic E-state index is 14.6. The van der Waals surface area contributed by atoms with Gasteiger partial charge in [0.15, 0.2) is 17.3 Å². The quantitative estimate of drug-likeness (QED) is 0.406. The van der Waals surface area contributed by atoms with Crippen LogP contribution in [-0.4, -0.2) is 36.5 Å². The zero-order chi connectivity index (χ0) is 27.0. The van der Waals surface area contributed by atoms with Crippen molar-refractivity contribution >= 4 is 29.1 Å². The van der Waals surface area contributed by atoms with E-state index in [-0.39, 0.29) is 17.3 Å². The fraction of sp³-hybridized carbons (Fsp3) is 0.303. The number of Topliss-reactive ketones (excluding diaryl/α,β-unsaturated/α-hetero) is 3. The highest BCUT2D eigenvalue weighted by Gasteiger charge is 2.71. The third kappa shape index (κ3) is 3.14. The van der Waals surface area contributed by atoms with Gasteiger partial charge in [0.05, 0.1) is 19.2 Å². The van der Waals surface area contributed by atoms with Crippen LogP contribution in [0.1, 0.15) is 64.1 Å². The third-order valence-electron chi connectivity index (χ3n) is 8.42. The number of carbonyl (C=O) groups is 3. The molecule has 5 heteroatoms. The molecule has 0 N–H and O–H groups in total. The molecular weight excluding hydrogens is 474 g/mol. The summed E-state index contributed by atoms with van der Waals surface area (Å²) in [5.41, 5.74) is 2.36. The van der Waals surface area contributed by atoms with E-state index >= 15 is 0 Å². The second kappa shape index (κ2) is 8.26. The number of fused-ring (bicyclic) bond motifs is 5. The van der Waals surface area contributed by atoms with Gasteiger partial charge in [-0.3, -0.25) is 14.4 Å². The van der Waals surface area contributed by atoms with E-state index in [0.717, 1.165) is 22.4 Å². The molecule has 0 aromatic heterocycles. The molecule has 1 unspecified atom stereocenters. The molecule has 192 valence electrons. The number of hydrogen-bond donors (Lipinski definition) is 0. The molecule has 0 amide bonds. The fourth-order valence-corrected chi connectivity index (χ4v) is 6.75. The van der Waals surface area contributed by atoms with Gasteiger partial charge < -0.3 is 9.64 Å². The maximum absolute atomic E-state index is 14.6. The number of ketones is 3. The Morgan fingerprint density at radius 2 is 1.61 bits per heavy atom. The van der Waals surface area contributed by atoms with E-state index in [1.54, 1.807) is 31.4 Å². The Hall–Kier alpha value is -3.99. The number of aryl methyl sites for hydroxylation is 1. The number of ether oxygens (including phenoxy) is 1. The van der Waals surface area contributed by atoms with Crippen LogP contribution in [0.2, 0.25) is 0 Å². The highest BCUT2D eigenvalue weighted by atomic mass is 16.5. The summed E-state index contributed by atoms with van der Waals surface area (Å²) in [6, 6.07) is 19.3. The summed E-state index contributed by atoms with van der Waals surface area (Å²) in [6.07, 6.45) is 3.97. The molecule has 0 bridgehead atoms. The highest BCUT2D eigenvalue weighted by molar-refractivity contribution is 6.32. The summed E-state index contributed by atoms with van der Waals surface area (Å²) in [7, 11) is 1.59. The SMILES string of the molecule is COc1cccc([C@H]2[C@H](C(=O)C(C)(C)C)N3c4ccc(C)cc4C=CC3C23C(=O)c2ccccc2C3=O)c1. The number of benzene rings is 3. The Bertz CT molecular complexity index is 1510. The largest absolute Gasteiger partial charge is 0.497 e. The molecule has 5 nitrogen and oxygen atoms in total. The lowest BCUT2D eigenvalue weighted by atomic mass is 9.63. The van der Waals surface area contributed by atoms with Gasteiger partial charge in [0.25, 0.3) is 0 Å². The normalized spacial score (nSPS) is 22.9. The zero-order valence-corrected chi connectivity index (χ0v) is 22.3. The van der Waals surface area contributed by atoms with Crippen molar-refractivity contribution < 1.29 is 19.1 Å². The van der Waals surface area contributed by atoms with E-state index in [2.05, 4.69) is 11.0 Å². The Morgan fingerprint density at radius 1 is 0.921 bits per heavy atom. The number of methoxy groups -OCH3 is 1. The molecular formula is C33H31NO4. The van der Waals surface area contributed by atoms with Gasteiger partial charge in [0.2, 0.25) is 0 Å². The minimum atomic E-state index is -1.49. The minimum Gasteiger partial charge on any atom is -0.497 e. The van der Waals surface area contributed by atoms with Crippen LogP contribution in [0.4, 0.5) is 5.69 Å². The fourth-order valence-electron chi connectivity index (χ4n) is 6.75. The van der Waals surface area contributed by atoms with Gasteiger partial charge in [-0.1, -0.05) is 81.0 Å². The minimum absolute atomic E-state index is 0.00873. The Kier molecular flexibility index (Phi) is 5.29. The van der Waals surface area contributed by atoms with Crippen molar-refractivity contribution in [1.82, 2.24) is 0 Å². The van der Waals surface area contributed by atoms with Gasteiger partial charge in [0, 0.05) is 28.1 Å². The highest BCUT2D eigenvalue weighted by Crippen LogP contribution is 2.61. The first-order chi connectivity index (χ1) is 18.1. The lowest BCUT2D eigenvalue weighted by molar-refractivity contribution is -0.127. The monoisotopic (exact) mass is 505 g/mol. The maximum Gasteiger partial charge on any atom is 0.180 e. The number of anilines is 1. The van der Waals surface area contributed by atoms with Crippen LogP contribution in [-0.2, 0) is 4.79 Å². The van der Waals surface area contributed by atoms with Crippen molar-refractivity contribution in [2.24, 2.45) is 10.8 Å². The first kappa shape index (κ1) is 24.4. The van der Waals surface area contributed by atoms with E-state index in [1.165, 1.54) is 0 Å². The molecule has 0 saturated carbocycles. The smallest absolute Gasteiger partial charge is 0.180 e. The predicted molar refractivity (Wildman–Crippen MR) is 148 cm³/mol. The molecule has 1 fully saturated rings. The van der Waals surface area contributed by atoms with E-state index in [9.17, 15) is 14.4 Å². The van der Waals surface area contributed by atoms with Crippen LogP contribution < -0.4 is 9.64 Å². The molecule has 2 heterocycles. The number of nitrogens with zero attached hydrogens (tertiary/aromatic N) is 1. The van der Waals surface area contributed by atoms with Crippen LogP contribution in [0.25, 0.3) is 6.08 Å². The first-order valence-corrected chi connectivity index (χ1v) is 13.0. The molecule has 3 atom stereocenters. The van der Waals surface area contributed by atoms with Gasteiger partial charge in [-0.25, -0.2) is 0 Å². The van der Waals surface area contributed by atoms with Crippen molar-refractivity contribution in [1.29, 1.82) is 0 Å². The van der Waals surface area contributed by atoms with Gasteiger partial charge in [-0.05, 0) is 42.3 Å². The Labute approximate surface area is 223 Å². The van der Waals surface area contributed by atoms with Crippen molar-refractivity contribution in [3.05, 3.63) is 101 Å². The molecule has 2 aliphatic heterocycles. The molecule has 6 rings (SSSR count). The van der Waals surface area contributed by atoms with E-state index in [4.69, 9.17) is 4.74 Å². The van der Waals surface area contributed by atoms with Crippen LogP contribution in [0.5, 0.6) is 5.75 Å². The lowest BCUT2D eigenvalue weighted by Gasteiger charge is -2.38. The molecule has 3 aliphatic rings.